The van der Waals surface area contributed by atoms with Gasteiger partial charge in [0.25, 0.3) is 5.91 Å². The van der Waals surface area contributed by atoms with Crippen molar-refractivity contribution in [1.29, 1.82) is 0 Å². The molecule has 3 aromatic carbocycles. The van der Waals surface area contributed by atoms with E-state index in [1.165, 1.54) is 0 Å². The minimum atomic E-state index is -0.207. The van der Waals surface area contributed by atoms with Gasteiger partial charge < -0.3 is 14.5 Å². The first-order valence-electron chi connectivity index (χ1n) is 9.36. The van der Waals surface area contributed by atoms with E-state index in [4.69, 9.17) is 20.8 Å². The van der Waals surface area contributed by atoms with Crippen LogP contribution in [-0.2, 0) is 6.54 Å². The van der Waals surface area contributed by atoms with Crippen LogP contribution in [-0.4, -0.2) is 18.0 Å². The first kappa shape index (κ1) is 19.7. The predicted octanol–water partition coefficient (Wildman–Crippen LogP) is 5.60. The number of rotatable bonds is 6. The highest BCUT2D eigenvalue weighted by Crippen LogP contribution is 2.29. The number of nitrogens with zero attached hydrogens (tertiary/aromatic N) is 1. The van der Waals surface area contributed by atoms with Gasteiger partial charge in [0.15, 0.2) is 5.76 Å². The van der Waals surface area contributed by atoms with Crippen LogP contribution in [0, 0.1) is 0 Å². The van der Waals surface area contributed by atoms with E-state index < -0.39 is 0 Å². The summed E-state index contributed by atoms with van der Waals surface area (Å²) < 4.78 is 11.2. The topological polar surface area (TPSA) is 64.4 Å². The molecule has 0 fully saturated rings. The molecule has 1 heterocycles. The van der Waals surface area contributed by atoms with Crippen molar-refractivity contribution < 1.29 is 13.9 Å². The van der Waals surface area contributed by atoms with Gasteiger partial charge in [-0.15, -0.1) is 0 Å². The van der Waals surface area contributed by atoms with Crippen molar-refractivity contribution in [2.24, 2.45) is 0 Å². The zero-order chi connectivity index (χ0) is 20.9. The number of aromatic nitrogens is 1. The molecule has 0 bridgehead atoms. The Hall–Kier alpha value is -3.57. The van der Waals surface area contributed by atoms with Gasteiger partial charge in [0.2, 0.25) is 5.89 Å². The minimum Gasteiger partial charge on any atom is -0.497 e. The van der Waals surface area contributed by atoms with Crippen LogP contribution in [0.1, 0.15) is 15.9 Å². The number of carbonyl (C=O) groups is 1. The normalized spacial score (nSPS) is 10.6. The Morgan fingerprint density at radius 2 is 1.87 bits per heavy atom. The molecule has 4 rings (SSSR count). The molecule has 0 saturated heterocycles. The van der Waals surface area contributed by atoms with E-state index in [0.717, 1.165) is 16.9 Å². The highest BCUT2D eigenvalue weighted by molar-refractivity contribution is 6.30. The average Bonchev–Trinajstić information content (AvgIpc) is 3.29. The van der Waals surface area contributed by atoms with Gasteiger partial charge in [-0.2, -0.15) is 0 Å². The number of nitrogens with one attached hydrogen (secondary N) is 1. The van der Waals surface area contributed by atoms with Crippen LogP contribution in [0.2, 0.25) is 5.02 Å². The first-order valence-corrected chi connectivity index (χ1v) is 9.74. The van der Waals surface area contributed by atoms with Gasteiger partial charge in [-0.3, -0.25) is 4.79 Å². The van der Waals surface area contributed by atoms with Crippen LogP contribution in [0.4, 0.5) is 0 Å². The quantitative estimate of drug-likeness (QED) is 0.442. The summed E-state index contributed by atoms with van der Waals surface area (Å²) in [5.41, 5.74) is 2.92. The molecule has 1 amide bonds. The van der Waals surface area contributed by atoms with Crippen molar-refractivity contribution in [1.82, 2.24) is 10.3 Å². The van der Waals surface area contributed by atoms with E-state index in [9.17, 15) is 4.79 Å². The summed E-state index contributed by atoms with van der Waals surface area (Å²) in [4.78, 5) is 17.2. The van der Waals surface area contributed by atoms with Crippen molar-refractivity contribution >= 4 is 17.5 Å². The van der Waals surface area contributed by atoms with Crippen molar-refractivity contribution in [3.63, 3.8) is 0 Å². The Kier molecular flexibility index (Phi) is 5.82. The summed E-state index contributed by atoms with van der Waals surface area (Å²) >= 11 is 5.91. The van der Waals surface area contributed by atoms with E-state index in [2.05, 4.69) is 10.3 Å². The Balaban J connectivity index is 1.56. The smallest absolute Gasteiger partial charge is 0.252 e. The lowest BCUT2D eigenvalue weighted by atomic mass is 10.1. The molecule has 0 aliphatic carbocycles. The van der Waals surface area contributed by atoms with Crippen molar-refractivity contribution in [3.05, 3.63) is 95.1 Å². The number of halogens is 1. The Bertz CT molecular complexity index is 1170. The molecule has 0 aliphatic rings. The van der Waals surface area contributed by atoms with Crippen LogP contribution in [0.3, 0.4) is 0 Å². The van der Waals surface area contributed by atoms with E-state index >= 15 is 0 Å². The minimum absolute atomic E-state index is 0.207. The van der Waals surface area contributed by atoms with Gasteiger partial charge in [-0.25, -0.2) is 4.98 Å². The summed E-state index contributed by atoms with van der Waals surface area (Å²) in [7, 11) is 1.61. The molecule has 0 atom stereocenters. The predicted molar refractivity (Wildman–Crippen MR) is 117 cm³/mol. The summed E-state index contributed by atoms with van der Waals surface area (Å²) in [5.74, 6) is 1.50. The number of amides is 1. The molecule has 0 unspecified atom stereocenters. The van der Waals surface area contributed by atoms with Gasteiger partial charge in [-0.1, -0.05) is 48.0 Å². The third kappa shape index (κ3) is 4.36. The number of hydrogen-bond donors (Lipinski definition) is 1. The molecule has 30 heavy (non-hydrogen) atoms. The molecule has 0 spiro atoms. The first-order chi connectivity index (χ1) is 14.6. The van der Waals surface area contributed by atoms with Crippen molar-refractivity contribution in [2.45, 2.75) is 6.54 Å². The number of oxazole rings is 1. The van der Waals surface area contributed by atoms with Gasteiger partial charge in [0.05, 0.1) is 18.9 Å². The fourth-order valence-electron chi connectivity index (χ4n) is 3.06. The monoisotopic (exact) mass is 418 g/mol. The molecule has 6 heteroatoms. The highest BCUT2D eigenvalue weighted by atomic mass is 35.5. The number of benzene rings is 3. The SMILES string of the molecule is COc1cccc(-c2cnc(-c3ccccc3C(=O)NCc3ccc(Cl)cc3)o2)c1. The Morgan fingerprint density at radius 1 is 1.07 bits per heavy atom. The summed E-state index contributed by atoms with van der Waals surface area (Å²) in [6.07, 6.45) is 1.65. The van der Waals surface area contributed by atoms with E-state index in [1.54, 1.807) is 31.5 Å². The maximum absolute atomic E-state index is 12.8. The largest absolute Gasteiger partial charge is 0.497 e. The molecule has 1 aromatic heterocycles. The van der Waals surface area contributed by atoms with Crippen LogP contribution in [0.15, 0.2) is 83.4 Å². The number of ether oxygens (including phenoxy) is 1. The summed E-state index contributed by atoms with van der Waals surface area (Å²) in [6.45, 7) is 0.394. The molecule has 5 nitrogen and oxygen atoms in total. The molecule has 4 aromatic rings. The molecule has 0 aliphatic heterocycles. The lowest BCUT2D eigenvalue weighted by molar-refractivity contribution is 0.0951. The molecule has 1 N–H and O–H groups in total. The fraction of sp³-hybridized carbons (Fsp3) is 0.0833. The van der Waals surface area contributed by atoms with Crippen LogP contribution < -0.4 is 10.1 Å². The van der Waals surface area contributed by atoms with E-state index in [1.807, 2.05) is 54.6 Å². The molecular formula is C24H19ClN2O3. The van der Waals surface area contributed by atoms with Gasteiger partial charge in [0, 0.05) is 22.7 Å². The van der Waals surface area contributed by atoms with Crippen molar-refractivity contribution in [3.8, 4) is 28.5 Å². The summed E-state index contributed by atoms with van der Waals surface area (Å²) in [5, 5.41) is 3.59. The number of carbonyl (C=O) groups excluding carboxylic acids is 1. The molecular weight excluding hydrogens is 400 g/mol. The third-order valence-corrected chi connectivity index (χ3v) is 4.88. The maximum atomic E-state index is 12.8. The second-order valence-electron chi connectivity index (χ2n) is 6.62. The zero-order valence-corrected chi connectivity index (χ0v) is 17.0. The maximum Gasteiger partial charge on any atom is 0.252 e. The lowest BCUT2D eigenvalue weighted by Crippen LogP contribution is -2.23. The standard InChI is InChI=1S/C24H19ClN2O3/c1-29-19-6-4-5-17(13-19)22-15-27-24(30-22)21-8-3-2-7-20(21)23(28)26-14-16-9-11-18(25)12-10-16/h2-13,15H,14H2,1H3,(H,26,28). The number of hydrogen-bond acceptors (Lipinski definition) is 4. The van der Waals surface area contributed by atoms with Crippen LogP contribution in [0.5, 0.6) is 5.75 Å². The molecule has 150 valence electrons. The Morgan fingerprint density at radius 3 is 2.67 bits per heavy atom. The molecule has 0 radical (unpaired) electrons. The van der Waals surface area contributed by atoms with E-state index in [0.29, 0.717) is 34.3 Å². The van der Waals surface area contributed by atoms with Crippen LogP contribution >= 0.6 is 11.6 Å². The average molecular weight is 419 g/mol. The summed E-state index contributed by atoms with van der Waals surface area (Å²) in [6, 6.07) is 22.1. The van der Waals surface area contributed by atoms with Gasteiger partial charge in [0.1, 0.15) is 5.75 Å². The van der Waals surface area contributed by atoms with E-state index in [-0.39, 0.29) is 5.91 Å². The fourth-order valence-corrected chi connectivity index (χ4v) is 3.18. The zero-order valence-electron chi connectivity index (χ0n) is 16.3. The lowest BCUT2D eigenvalue weighted by Gasteiger charge is -2.08. The van der Waals surface area contributed by atoms with Gasteiger partial charge in [-0.05, 0) is 42.0 Å². The second-order valence-corrected chi connectivity index (χ2v) is 7.05. The van der Waals surface area contributed by atoms with Crippen molar-refractivity contribution in [2.75, 3.05) is 7.11 Å². The second kappa shape index (κ2) is 8.84. The number of methoxy groups -OCH3 is 1. The van der Waals surface area contributed by atoms with Gasteiger partial charge >= 0.3 is 0 Å². The third-order valence-electron chi connectivity index (χ3n) is 4.63. The van der Waals surface area contributed by atoms with Crippen LogP contribution in [0.25, 0.3) is 22.8 Å². The Labute approximate surface area is 179 Å². The molecule has 0 saturated carbocycles. The highest BCUT2D eigenvalue weighted by Gasteiger charge is 2.17.